The molecule has 0 aliphatic rings. The molecule has 1 N–H and O–H groups in total. The van der Waals surface area contributed by atoms with Crippen LogP contribution in [0.25, 0.3) is 22.5 Å². The molecule has 4 nitrogen and oxygen atoms in total. The number of hydrogen-bond donors (Lipinski definition) is 3. The minimum atomic E-state index is -4.63. The van der Waals surface area contributed by atoms with Crippen LogP contribution in [0.4, 0.5) is 13.2 Å². The van der Waals surface area contributed by atoms with E-state index in [1.54, 1.807) is 48.5 Å². The van der Waals surface area contributed by atoms with Crippen molar-refractivity contribution >= 4 is 23.3 Å². The van der Waals surface area contributed by atoms with Crippen molar-refractivity contribution in [3.05, 3.63) is 59.9 Å². The third kappa shape index (κ3) is 3.94. The molecule has 0 fully saturated rings. The molecule has 0 saturated carbocycles. The van der Waals surface area contributed by atoms with Crippen molar-refractivity contribution < 1.29 is 21.6 Å². The Morgan fingerprint density at radius 1 is 1.04 bits per heavy atom. The number of hydrogen-bond acceptors (Lipinski definition) is 4. The van der Waals surface area contributed by atoms with Crippen LogP contribution >= 0.6 is 12.6 Å². The molecule has 0 aliphatic carbocycles. The second-order valence-electron chi connectivity index (χ2n) is 5.51. The predicted molar refractivity (Wildman–Crippen MR) is 95.7 cm³/mol. The zero-order chi connectivity index (χ0) is 18.9. The van der Waals surface area contributed by atoms with Crippen LogP contribution in [-0.4, -0.2) is 18.4 Å². The summed E-state index contributed by atoms with van der Waals surface area (Å²) in [7, 11) is -2.58. The van der Waals surface area contributed by atoms with Crippen LogP contribution in [-0.2, 0) is 22.6 Å². The summed E-state index contributed by atoms with van der Waals surface area (Å²) in [6.07, 6.45) is -4.63. The highest BCUT2D eigenvalue weighted by Crippen LogP contribution is 2.37. The lowest BCUT2D eigenvalue weighted by molar-refractivity contribution is -0.144. The van der Waals surface area contributed by atoms with Crippen LogP contribution in [0.2, 0.25) is 0 Å². The average Bonchev–Trinajstić information content (AvgIpc) is 3.01. The lowest BCUT2D eigenvalue weighted by atomic mass is 10.0. The highest BCUT2D eigenvalue weighted by molar-refractivity contribution is 7.80. The largest absolute Gasteiger partial charge is 0.449 e. The Morgan fingerprint density at radius 3 is 2.27 bits per heavy atom. The highest BCUT2D eigenvalue weighted by Gasteiger charge is 2.36. The van der Waals surface area contributed by atoms with Crippen molar-refractivity contribution in [2.45, 2.75) is 16.8 Å². The molecule has 136 valence electrons. The van der Waals surface area contributed by atoms with E-state index in [0.717, 1.165) is 0 Å². The van der Waals surface area contributed by atoms with Gasteiger partial charge in [0.15, 0.2) is 0 Å². The summed E-state index contributed by atoms with van der Waals surface area (Å²) in [6.45, 7) is 0. The van der Waals surface area contributed by atoms with Gasteiger partial charge < -0.3 is 4.98 Å². The van der Waals surface area contributed by atoms with Crippen molar-refractivity contribution in [2.24, 2.45) is 0 Å². The molecule has 1 aromatic heterocycles. The number of H-pyrrole nitrogens is 1. The Morgan fingerprint density at radius 2 is 1.69 bits per heavy atom. The molecule has 2 aromatic carbocycles. The van der Waals surface area contributed by atoms with Crippen molar-refractivity contribution in [1.29, 1.82) is 0 Å². The number of rotatable bonds is 4. The molecule has 0 radical (unpaired) electrons. The Labute approximate surface area is 154 Å². The SMILES string of the molecule is O=[SH](=O)Cc1ccc(-c2nc(C(F)(F)F)[nH]c2-c2ccccc2S)cc1. The summed E-state index contributed by atoms with van der Waals surface area (Å²) < 4.78 is 61.0. The van der Waals surface area contributed by atoms with E-state index in [1.165, 1.54) is 0 Å². The first-order chi connectivity index (χ1) is 12.3. The lowest BCUT2D eigenvalue weighted by Crippen LogP contribution is -2.07. The van der Waals surface area contributed by atoms with Gasteiger partial charge in [0, 0.05) is 16.0 Å². The van der Waals surface area contributed by atoms with Crippen molar-refractivity contribution in [3.8, 4) is 22.5 Å². The number of aromatic nitrogens is 2. The van der Waals surface area contributed by atoms with Gasteiger partial charge in [0.1, 0.15) is 10.7 Å². The number of nitrogens with zero attached hydrogens (tertiary/aromatic N) is 1. The zero-order valence-corrected chi connectivity index (χ0v) is 14.9. The average molecular weight is 398 g/mol. The number of nitrogens with one attached hydrogen (secondary N) is 1. The zero-order valence-electron chi connectivity index (χ0n) is 13.1. The molecular weight excluding hydrogens is 385 g/mol. The van der Waals surface area contributed by atoms with Gasteiger partial charge in [-0.3, -0.25) is 0 Å². The molecule has 0 amide bonds. The quantitative estimate of drug-likeness (QED) is 0.578. The summed E-state index contributed by atoms with van der Waals surface area (Å²) >= 11 is 4.31. The van der Waals surface area contributed by atoms with Crippen molar-refractivity contribution in [1.82, 2.24) is 9.97 Å². The first-order valence-corrected chi connectivity index (χ1v) is 9.23. The summed E-state index contributed by atoms with van der Waals surface area (Å²) in [6, 6.07) is 13.0. The molecule has 3 rings (SSSR count). The molecule has 26 heavy (non-hydrogen) atoms. The Hall–Kier alpha value is -2.26. The van der Waals surface area contributed by atoms with E-state index in [9.17, 15) is 21.6 Å². The molecule has 9 heteroatoms. The Bertz CT molecular complexity index is 1000. The topological polar surface area (TPSA) is 62.8 Å². The van der Waals surface area contributed by atoms with Crippen LogP contribution in [0.3, 0.4) is 0 Å². The van der Waals surface area contributed by atoms with E-state index in [1.807, 2.05) is 0 Å². The number of halogens is 3. The minimum Gasteiger partial charge on any atom is -0.334 e. The molecule has 0 spiro atoms. The van der Waals surface area contributed by atoms with Crippen LogP contribution in [0, 0.1) is 0 Å². The summed E-state index contributed by atoms with van der Waals surface area (Å²) in [5.41, 5.74) is 1.80. The molecule has 0 aliphatic heterocycles. The first kappa shape index (κ1) is 18.5. The van der Waals surface area contributed by atoms with Crippen molar-refractivity contribution in [2.75, 3.05) is 0 Å². The smallest absolute Gasteiger partial charge is 0.334 e. The van der Waals surface area contributed by atoms with Crippen LogP contribution < -0.4 is 0 Å². The molecule has 0 atom stereocenters. The molecule has 0 saturated heterocycles. The fourth-order valence-corrected chi connectivity index (χ4v) is 3.29. The van der Waals surface area contributed by atoms with Gasteiger partial charge in [-0.15, -0.1) is 12.6 Å². The number of thiol groups is 2. The van der Waals surface area contributed by atoms with Crippen LogP contribution in [0.15, 0.2) is 53.4 Å². The first-order valence-electron chi connectivity index (χ1n) is 7.42. The fraction of sp³-hybridized carbons (Fsp3) is 0.118. The summed E-state index contributed by atoms with van der Waals surface area (Å²) in [5.74, 6) is -1.23. The standard InChI is InChI=1S/C17H13F3N2O2S2/c18-17(19,20)16-21-14(11-7-5-10(6-8-11)9-26(23)24)15(22-16)12-3-1-2-4-13(12)25/h1-8,25-26H,9H2,(H,21,22). The van der Waals surface area contributed by atoms with Gasteiger partial charge >= 0.3 is 6.18 Å². The van der Waals surface area contributed by atoms with E-state index < -0.39 is 22.7 Å². The number of benzene rings is 2. The van der Waals surface area contributed by atoms with E-state index in [-0.39, 0.29) is 17.1 Å². The third-order valence-electron chi connectivity index (χ3n) is 3.68. The fourth-order valence-electron chi connectivity index (χ4n) is 2.51. The predicted octanol–water partition coefficient (Wildman–Crippen LogP) is 4.16. The van der Waals surface area contributed by atoms with E-state index >= 15 is 0 Å². The van der Waals surface area contributed by atoms with Crippen molar-refractivity contribution in [3.63, 3.8) is 0 Å². The lowest BCUT2D eigenvalue weighted by Gasteiger charge is -2.06. The third-order valence-corrected chi connectivity index (χ3v) is 4.70. The van der Waals surface area contributed by atoms with Gasteiger partial charge in [0.25, 0.3) is 0 Å². The van der Waals surface area contributed by atoms with Crippen LogP contribution in [0.5, 0.6) is 0 Å². The highest BCUT2D eigenvalue weighted by atomic mass is 32.2. The molecule has 0 unspecified atom stereocenters. The van der Waals surface area contributed by atoms with E-state index in [2.05, 4.69) is 22.6 Å². The molecular formula is C17H13F3N2O2S2. The van der Waals surface area contributed by atoms with Gasteiger partial charge in [-0.25, -0.2) is 13.4 Å². The van der Waals surface area contributed by atoms with Gasteiger partial charge in [-0.2, -0.15) is 13.2 Å². The second kappa shape index (κ2) is 7.16. The van der Waals surface area contributed by atoms with Crippen LogP contribution in [0.1, 0.15) is 11.4 Å². The Balaban J connectivity index is 2.14. The molecule has 1 heterocycles. The van der Waals surface area contributed by atoms with E-state index in [0.29, 0.717) is 21.6 Å². The minimum absolute atomic E-state index is 0.122. The molecule has 3 aromatic rings. The Kier molecular flexibility index (Phi) is 5.10. The number of alkyl halides is 3. The van der Waals surface area contributed by atoms with Gasteiger partial charge in [0.05, 0.1) is 17.1 Å². The van der Waals surface area contributed by atoms with Gasteiger partial charge in [-0.05, 0) is 11.6 Å². The summed E-state index contributed by atoms with van der Waals surface area (Å²) in [4.78, 5) is 6.57. The maximum atomic E-state index is 13.1. The number of aromatic amines is 1. The summed E-state index contributed by atoms with van der Waals surface area (Å²) in [5, 5.41) is 0. The molecule has 0 bridgehead atoms. The number of imidazole rings is 1. The van der Waals surface area contributed by atoms with Gasteiger partial charge in [-0.1, -0.05) is 42.5 Å². The maximum Gasteiger partial charge on any atom is 0.449 e. The maximum absolute atomic E-state index is 13.1. The van der Waals surface area contributed by atoms with E-state index in [4.69, 9.17) is 0 Å². The van der Waals surface area contributed by atoms with Gasteiger partial charge in [0.2, 0.25) is 5.82 Å². The second-order valence-corrected chi connectivity index (χ2v) is 6.98. The monoisotopic (exact) mass is 398 g/mol. The normalized spacial score (nSPS) is 11.9.